The van der Waals surface area contributed by atoms with Gasteiger partial charge in [0.25, 0.3) is 0 Å². The summed E-state index contributed by atoms with van der Waals surface area (Å²) in [6, 6.07) is 29.6. The molecule has 0 radical (unpaired) electrons. The quantitative estimate of drug-likeness (QED) is 0.178. The van der Waals surface area contributed by atoms with Gasteiger partial charge in [0.15, 0.2) is 0 Å². The van der Waals surface area contributed by atoms with Crippen LogP contribution >= 0.6 is 11.3 Å². The molecule has 0 spiro atoms. The zero-order valence-electron chi connectivity index (χ0n) is 16.2. The van der Waals surface area contributed by atoms with Crippen molar-refractivity contribution in [1.29, 1.82) is 0 Å². The van der Waals surface area contributed by atoms with Crippen molar-refractivity contribution in [2.45, 2.75) is 6.42 Å². The smallest absolute Gasteiger partial charge is 0.0351 e. The van der Waals surface area contributed by atoms with Gasteiger partial charge in [-0.25, -0.2) is 0 Å². The highest BCUT2D eigenvalue weighted by molar-refractivity contribution is 7.17. The van der Waals surface area contributed by atoms with Crippen LogP contribution in [0, 0.1) is 0 Å². The van der Waals surface area contributed by atoms with Crippen LogP contribution in [0.1, 0.15) is 11.1 Å². The fourth-order valence-electron chi connectivity index (χ4n) is 5.92. The Labute approximate surface area is 177 Å². The van der Waals surface area contributed by atoms with Gasteiger partial charge in [-0.3, -0.25) is 0 Å². The third-order valence-corrected chi connectivity index (χ3v) is 8.07. The maximum atomic E-state index is 2.45. The Bertz CT molecular complexity index is 1810. The van der Waals surface area contributed by atoms with Gasteiger partial charge in [-0.2, -0.15) is 0 Å². The predicted molar refractivity (Wildman–Crippen MR) is 131 cm³/mol. The summed E-state index contributed by atoms with van der Waals surface area (Å²) >= 11 is 1.88. The molecule has 138 valence electrons. The van der Waals surface area contributed by atoms with Gasteiger partial charge in [0, 0.05) is 16.5 Å². The van der Waals surface area contributed by atoms with Crippen LogP contribution in [0.15, 0.2) is 84.2 Å². The molecule has 6 aromatic carbocycles. The SMILES string of the molecule is c1cc2c3c(csc3c1)Cc1c-2cc2cccc3c4cccc5cccc(c1c23)c54. The number of hydrogen-bond donors (Lipinski definition) is 0. The lowest BCUT2D eigenvalue weighted by Crippen LogP contribution is -2.01. The second-order valence-electron chi connectivity index (χ2n) is 8.51. The van der Waals surface area contributed by atoms with Crippen LogP contribution in [-0.4, -0.2) is 0 Å². The van der Waals surface area contributed by atoms with E-state index in [4.69, 9.17) is 0 Å². The van der Waals surface area contributed by atoms with Gasteiger partial charge >= 0.3 is 0 Å². The average Bonchev–Trinajstić information content (AvgIpc) is 3.21. The van der Waals surface area contributed by atoms with Crippen LogP contribution < -0.4 is 0 Å². The van der Waals surface area contributed by atoms with Crippen LogP contribution in [0.2, 0.25) is 0 Å². The standard InChI is InChI=1S/C29H16S/c1-5-16-6-2-11-22-26(16)19(8-1)20-9-3-7-17-13-23-21-10-4-12-25-27(21)18(15-30-25)14-24(23)29(22)28(17)20/h1-13,15H,14H2. The first-order chi connectivity index (χ1) is 14.9. The van der Waals surface area contributed by atoms with Crippen LogP contribution in [0.3, 0.4) is 0 Å². The molecule has 1 heterocycles. The molecule has 0 nitrogen and oxygen atoms in total. The highest BCUT2D eigenvalue weighted by Gasteiger charge is 2.24. The van der Waals surface area contributed by atoms with Gasteiger partial charge in [-0.05, 0) is 82.9 Å². The van der Waals surface area contributed by atoms with Crippen molar-refractivity contribution in [2.75, 3.05) is 0 Å². The van der Waals surface area contributed by atoms with E-state index in [0.29, 0.717) is 0 Å². The molecule has 0 saturated carbocycles. The van der Waals surface area contributed by atoms with Crippen LogP contribution in [0.25, 0.3) is 64.3 Å². The molecule has 0 N–H and O–H groups in total. The van der Waals surface area contributed by atoms with Crippen LogP contribution in [0.4, 0.5) is 0 Å². The number of hydrogen-bond acceptors (Lipinski definition) is 1. The largest absolute Gasteiger partial charge is 0.143 e. The molecule has 1 aromatic heterocycles. The van der Waals surface area contributed by atoms with E-state index < -0.39 is 0 Å². The molecule has 7 aromatic rings. The van der Waals surface area contributed by atoms with Crippen molar-refractivity contribution in [3.05, 3.63) is 95.4 Å². The van der Waals surface area contributed by atoms with E-state index in [2.05, 4.69) is 84.2 Å². The summed E-state index contributed by atoms with van der Waals surface area (Å²) in [6.45, 7) is 0. The van der Waals surface area contributed by atoms with E-state index >= 15 is 0 Å². The zero-order valence-corrected chi connectivity index (χ0v) is 17.0. The van der Waals surface area contributed by atoms with Gasteiger partial charge in [-0.15, -0.1) is 11.3 Å². The summed E-state index contributed by atoms with van der Waals surface area (Å²) in [7, 11) is 0. The first kappa shape index (κ1) is 15.4. The van der Waals surface area contributed by atoms with Gasteiger partial charge in [0.2, 0.25) is 0 Å². The van der Waals surface area contributed by atoms with Crippen LogP contribution in [-0.2, 0) is 6.42 Å². The predicted octanol–water partition coefficient (Wildman–Crippen LogP) is 8.52. The fourth-order valence-corrected chi connectivity index (χ4v) is 6.90. The Kier molecular flexibility index (Phi) is 2.67. The lowest BCUT2D eigenvalue weighted by molar-refractivity contribution is 1.24. The summed E-state index contributed by atoms with van der Waals surface area (Å²) in [6.07, 6.45) is 1.02. The van der Waals surface area contributed by atoms with E-state index in [1.165, 1.54) is 75.4 Å². The van der Waals surface area contributed by atoms with Crippen molar-refractivity contribution < 1.29 is 0 Å². The normalized spacial score (nSPS) is 13.2. The highest BCUT2D eigenvalue weighted by Crippen LogP contribution is 2.49. The molecule has 0 aliphatic heterocycles. The highest BCUT2D eigenvalue weighted by atomic mass is 32.1. The summed E-state index contributed by atoms with van der Waals surface area (Å²) in [5.41, 5.74) is 5.80. The van der Waals surface area contributed by atoms with Crippen molar-refractivity contribution in [3.63, 3.8) is 0 Å². The molecule has 8 rings (SSSR count). The molecule has 0 atom stereocenters. The van der Waals surface area contributed by atoms with E-state index in [0.717, 1.165) is 6.42 Å². The Morgan fingerprint density at radius 3 is 2.17 bits per heavy atom. The van der Waals surface area contributed by atoms with Crippen LogP contribution in [0.5, 0.6) is 0 Å². The van der Waals surface area contributed by atoms with Crippen molar-refractivity contribution in [3.8, 4) is 11.1 Å². The minimum absolute atomic E-state index is 1.02. The molecule has 1 aliphatic rings. The van der Waals surface area contributed by atoms with Crippen molar-refractivity contribution in [1.82, 2.24) is 0 Å². The molecule has 30 heavy (non-hydrogen) atoms. The van der Waals surface area contributed by atoms with Gasteiger partial charge in [0.1, 0.15) is 0 Å². The fraction of sp³-hybridized carbons (Fsp3) is 0.0345. The van der Waals surface area contributed by atoms with Gasteiger partial charge in [0.05, 0.1) is 0 Å². The van der Waals surface area contributed by atoms with E-state index in [1.807, 2.05) is 11.3 Å². The molecule has 1 aliphatic carbocycles. The third-order valence-electron chi connectivity index (χ3n) is 7.07. The number of fused-ring (bicyclic) bond motifs is 5. The topological polar surface area (TPSA) is 0 Å². The second kappa shape index (κ2) is 5.19. The summed E-state index contributed by atoms with van der Waals surface area (Å²) in [5, 5.41) is 15.0. The minimum atomic E-state index is 1.02. The maximum absolute atomic E-state index is 2.45. The molecular formula is C29H16S. The number of benzene rings is 6. The molecule has 0 amide bonds. The maximum Gasteiger partial charge on any atom is 0.0351 e. The van der Waals surface area contributed by atoms with E-state index in [9.17, 15) is 0 Å². The molecular weight excluding hydrogens is 380 g/mol. The Balaban J connectivity index is 1.71. The van der Waals surface area contributed by atoms with Crippen molar-refractivity contribution >= 4 is 64.5 Å². The Morgan fingerprint density at radius 2 is 1.30 bits per heavy atom. The molecule has 1 heteroatoms. The van der Waals surface area contributed by atoms with E-state index in [-0.39, 0.29) is 0 Å². The first-order valence-electron chi connectivity index (χ1n) is 10.5. The summed E-state index contributed by atoms with van der Waals surface area (Å²) in [5.74, 6) is 0. The third kappa shape index (κ3) is 1.70. The van der Waals surface area contributed by atoms with Gasteiger partial charge in [-0.1, -0.05) is 66.7 Å². The van der Waals surface area contributed by atoms with Crippen molar-refractivity contribution in [2.24, 2.45) is 0 Å². The summed E-state index contributed by atoms with van der Waals surface area (Å²) in [4.78, 5) is 0. The van der Waals surface area contributed by atoms with Gasteiger partial charge < -0.3 is 0 Å². The zero-order chi connectivity index (χ0) is 19.4. The minimum Gasteiger partial charge on any atom is -0.143 e. The lowest BCUT2D eigenvalue weighted by Gasteiger charge is -2.23. The second-order valence-corrected chi connectivity index (χ2v) is 9.42. The Hall–Kier alpha value is -3.42. The average molecular weight is 397 g/mol. The summed E-state index contributed by atoms with van der Waals surface area (Å²) < 4.78 is 1.41. The molecule has 0 bridgehead atoms. The molecule has 0 unspecified atom stereocenters. The number of thiophene rings is 1. The molecule has 0 saturated heterocycles. The lowest BCUT2D eigenvalue weighted by atomic mass is 9.79. The monoisotopic (exact) mass is 396 g/mol. The number of rotatable bonds is 0. The van der Waals surface area contributed by atoms with E-state index in [1.54, 1.807) is 0 Å². The molecule has 0 fully saturated rings. The Morgan fingerprint density at radius 1 is 0.567 bits per heavy atom. The first-order valence-corrected chi connectivity index (χ1v) is 11.4.